The summed E-state index contributed by atoms with van der Waals surface area (Å²) in [5, 5.41) is 5.04. The van der Waals surface area contributed by atoms with Crippen LogP contribution in [0.4, 0.5) is 0 Å². The van der Waals surface area contributed by atoms with Crippen molar-refractivity contribution >= 4 is 28.6 Å². The smallest absolute Gasteiger partial charge is 0.230 e. The second-order valence-electron chi connectivity index (χ2n) is 6.26. The Morgan fingerprint density at radius 2 is 1.88 bits per heavy atom. The number of hydrogen-bond donors (Lipinski definition) is 1. The molecule has 1 unspecified atom stereocenters. The first-order valence-corrected chi connectivity index (χ1v) is 9.36. The molecule has 25 heavy (non-hydrogen) atoms. The van der Waals surface area contributed by atoms with Crippen molar-refractivity contribution in [2.24, 2.45) is 0 Å². The number of nitrogens with one attached hydrogen (secondary N) is 1. The fourth-order valence-corrected chi connectivity index (χ4v) is 3.36. The second kappa shape index (κ2) is 7.70. The van der Waals surface area contributed by atoms with Crippen molar-refractivity contribution < 1.29 is 4.79 Å². The lowest BCUT2D eigenvalue weighted by atomic mass is 10.0. The first kappa shape index (κ1) is 17.5. The third-order valence-corrected chi connectivity index (χ3v) is 5.26. The molecule has 1 aromatic heterocycles. The minimum Gasteiger partial charge on any atom is -0.349 e. The second-order valence-corrected chi connectivity index (χ2v) is 7.26. The highest BCUT2D eigenvalue weighted by molar-refractivity contribution is 7.99. The Hall–Kier alpha value is -2.33. The van der Waals surface area contributed by atoms with E-state index >= 15 is 0 Å². The van der Waals surface area contributed by atoms with Crippen molar-refractivity contribution in [1.29, 1.82) is 0 Å². The molecule has 0 radical (unpaired) electrons. The lowest BCUT2D eigenvalue weighted by Gasteiger charge is -2.15. The highest BCUT2D eigenvalue weighted by Gasteiger charge is 2.11. The maximum atomic E-state index is 12.3. The number of carbonyl (C=O) groups excluding carboxylic acids is 1. The number of benzene rings is 2. The van der Waals surface area contributed by atoms with Crippen molar-refractivity contribution in [1.82, 2.24) is 10.3 Å². The van der Waals surface area contributed by atoms with Crippen LogP contribution >= 0.6 is 11.8 Å². The number of amides is 1. The van der Waals surface area contributed by atoms with Crippen LogP contribution in [0.25, 0.3) is 10.9 Å². The highest BCUT2D eigenvalue weighted by Crippen LogP contribution is 2.21. The predicted molar refractivity (Wildman–Crippen MR) is 105 cm³/mol. The van der Waals surface area contributed by atoms with Crippen LogP contribution in [0, 0.1) is 13.8 Å². The zero-order valence-electron chi connectivity index (χ0n) is 14.7. The van der Waals surface area contributed by atoms with Gasteiger partial charge in [-0.2, -0.15) is 0 Å². The third kappa shape index (κ3) is 4.40. The lowest BCUT2D eigenvalue weighted by Crippen LogP contribution is -2.28. The van der Waals surface area contributed by atoms with E-state index in [2.05, 4.69) is 42.3 Å². The largest absolute Gasteiger partial charge is 0.349 e. The summed E-state index contributed by atoms with van der Waals surface area (Å²) in [5.74, 6) is 0.381. The van der Waals surface area contributed by atoms with Gasteiger partial charge in [-0.25, -0.2) is 4.98 Å². The highest BCUT2D eigenvalue weighted by atomic mass is 32.2. The standard InChI is InChI=1S/C21H22N2OS/c1-14-8-9-18(12-15(14)2)16(3)22-20(24)13-25-21-11-10-17-6-4-5-7-19(17)23-21/h4-12,16H,13H2,1-3H3,(H,22,24). The maximum Gasteiger partial charge on any atom is 0.230 e. The average Bonchev–Trinajstić information content (AvgIpc) is 2.62. The number of pyridine rings is 1. The van der Waals surface area contributed by atoms with Crippen molar-refractivity contribution in [3.05, 3.63) is 71.3 Å². The van der Waals surface area contributed by atoms with Crippen LogP contribution in [0.3, 0.4) is 0 Å². The van der Waals surface area contributed by atoms with Crippen LogP contribution < -0.4 is 5.32 Å². The Labute approximate surface area is 152 Å². The minimum absolute atomic E-state index is 0.00281. The summed E-state index contributed by atoms with van der Waals surface area (Å²) in [6.45, 7) is 6.20. The zero-order valence-corrected chi connectivity index (χ0v) is 15.6. The lowest BCUT2D eigenvalue weighted by molar-refractivity contribution is -0.119. The molecule has 0 saturated heterocycles. The molecular formula is C21H22N2OS. The topological polar surface area (TPSA) is 42.0 Å². The molecule has 3 rings (SSSR count). The Kier molecular flexibility index (Phi) is 5.39. The number of para-hydroxylation sites is 1. The Bertz CT molecular complexity index is 907. The quantitative estimate of drug-likeness (QED) is 0.671. The zero-order chi connectivity index (χ0) is 17.8. The molecule has 1 amide bonds. The molecule has 0 aliphatic carbocycles. The summed E-state index contributed by atoms with van der Waals surface area (Å²) in [7, 11) is 0. The van der Waals surface area contributed by atoms with Crippen molar-refractivity contribution in [3.63, 3.8) is 0 Å². The Balaban J connectivity index is 1.58. The van der Waals surface area contributed by atoms with E-state index in [0.29, 0.717) is 5.75 Å². The van der Waals surface area contributed by atoms with E-state index in [1.165, 1.54) is 22.9 Å². The van der Waals surface area contributed by atoms with Crippen molar-refractivity contribution in [2.75, 3.05) is 5.75 Å². The molecule has 0 fully saturated rings. The van der Waals surface area contributed by atoms with Crippen LogP contribution in [0.1, 0.15) is 29.7 Å². The average molecular weight is 350 g/mol. The first-order valence-electron chi connectivity index (χ1n) is 8.38. The van der Waals surface area contributed by atoms with Crippen LogP contribution in [-0.2, 0) is 4.79 Å². The van der Waals surface area contributed by atoms with Crippen molar-refractivity contribution in [3.8, 4) is 0 Å². The van der Waals surface area contributed by atoms with E-state index in [1.54, 1.807) is 0 Å². The summed E-state index contributed by atoms with van der Waals surface area (Å²) in [5.41, 5.74) is 4.59. The number of carbonyl (C=O) groups is 1. The van der Waals surface area contributed by atoms with E-state index < -0.39 is 0 Å². The van der Waals surface area contributed by atoms with E-state index in [0.717, 1.165) is 21.5 Å². The number of rotatable bonds is 5. The monoisotopic (exact) mass is 350 g/mol. The molecule has 1 heterocycles. The Morgan fingerprint density at radius 1 is 1.08 bits per heavy atom. The van der Waals surface area contributed by atoms with Crippen LogP contribution in [0.2, 0.25) is 0 Å². The number of fused-ring (bicyclic) bond motifs is 1. The van der Waals surface area contributed by atoms with Crippen LogP contribution in [0.15, 0.2) is 59.6 Å². The van der Waals surface area contributed by atoms with Crippen molar-refractivity contribution in [2.45, 2.75) is 31.8 Å². The van der Waals surface area contributed by atoms with Gasteiger partial charge in [0.1, 0.15) is 0 Å². The van der Waals surface area contributed by atoms with Gasteiger partial charge in [-0.15, -0.1) is 0 Å². The van der Waals surface area contributed by atoms with Gasteiger partial charge >= 0.3 is 0 Å². The maximum absolute atomic E-state index is 12.3. The normalized spacial score (nSPS) is 12.1. The van der Waals surface area contributed by atoms with Gasteiger partial charge in [-0.1, -0.05) is 54.2 Å². The van der Waals surface area contributed by atoms with Crippen LogP contribution in [-0.4, -0.2) is 16.6 Å². The van der Waals surface area contributed by atoms with E-state index in [9.17, 15) is 4.79 Å². The fourth-order valence-electron chi connectivity index (χ4n) is 2.67. The fraction of sp³-hybridized carbons (Fsp3) is 0.238. The molecule has 0 aliphatic rings. The third-order valence-electron chi connectivity index (χ3n) is 4.33. The molecule has 1 N–H and O–H groups in total. The van der Waals surface area contributed by atoms with Crippen LogP contribution in [0.5, 0.6) is 0 Å². The molecule has 0 bridgehead atoms. The van der Waals surface area contributed by atoms with Gasteiger partial charge in [0, 0.05) is 5.39 Å². The number of hydrogen-bond acceptors (Lipinski definition) is 3. The van der Waals surface area contributed by atoms with Gasteiger partial charge in [-0.05, 0) is 49.6 Å². The molecule has 0 aliphatic heterocycles. The van der Waals surface area contributed by atoms with E-state index in [1.807, 2.05) is 43.3 Å². The summed E-state index contributed by atoms with van der Waals surface area (Å²) < 4.78 is 0. The number of thioether (sulfide) groups is 1. The SMILES string of the molecule is Cc1ccc(C(C)NC(=O)CSc2ccc3ccccc3n2)cc1C. The van der Waals surface area contributed by atoms with Gasteiger partial charge in [0.25, 0.3) is 0 Å². The molecule has 2 aromatic carbocycles. The molecule has 128 valence electrons. The summed E-state index contributed by atoms with van der Waals surface area (Å²) in [6.07, 6.45) is 0. The molecule has 4 heteroatoms. The Morgan fingerprint density at radius 3 is 2.68 bits per heavy atom. The molecule has 3 aromatic rings. The predicted octanol–water partition coefficient (Wildman–Crippen LogP) is 4.82. The molecule has 0 spiro atoms. The van der Waals surface area contributed by atoms with Gasteiger partial charge in [0.15, 0.2) is 0 Å². The van der Waals surface area contributed by atoms with Gasteiger partial charge < -0.3 is 5.32 Å². The van der Waals surface area contributed by atoms with Gasteiger partial charge in [0.2, 0.25) is 5.91 Å². The van der Waals surface area contributed by atoms with Gasteiger partial charge in [0.05, 0.1) is 22.3 Å². The first-order chi connectivity index (χ1) is 12.0. The number of nitrogens with zero attached hydrogens (tertiary/aromatic N) is 1. The molecule has 0 saturated carbocycles. The molecule has 1 atom stereocenters. The summed E-state index contributed by atoms with van der Waals surface area (Å²) >= 11 is 1.46. The van der Waals surface area contributed by atoms with Gasteiger partial charge in [-0.3, -0.25) is 4.79 Å². The molecule has 3 nitrogen and oxygen atoms in total. The minimum atomic E-state index is -0.00281. The number of aryl methyl sites for hydroxylation is 2. The van der Waals surface area contributed by atoms with E-state index in [4.69, 9.17) is 0 Å². The summed E-state index contributed by atoms with van der Waals surface area (Å²) in [6, 6.07) is 18.3. The van der Waals surface area contributed by atoms with E-state index in [-0.39, 0.29) is 11.9 Å². The molecular weight excluding hydrogens is 328 g/mol. The number of aromatic nitrogens is 1. The summed E-state index contributed by atoms with van der Waals surface area (Å²) in [4.78, 5) is 16.8.